The fourth-order valence-corrected chi connectivity index (χ4v) is 1.65. The van der Waals surface area contributed by atoms with Crippen molar-refractivity contribution >= 4 is 17.2 Å². The summed E-state index contributed by atoms with van der Waals surface area (Å²) in [5.41, 5.74) is 0.897. The standard InChI is InChI=1S/C13H19NO2S/c1-5-16-12-8-6-7-11(9-12)10-14-17(15)13(2,3)4/h6-10H,5H2,1-4H3/t17-/m1/s1. The van der Waals surface area contributed by atoms with Crippen molar-refractivity contribution in [3.63, 3.8) is 0 Å². The Morgan fingerprint density at radius 1 is 1.41 bits per heavy atom. The zero-order valence-electron chi connectivity index (χ0n) is 10.8. The highest BCUT2D eigenvalue weighted by Crippen LogP contribution is 2.14. The molecule has 94 valence electrons. The highest BCUT2D eigenvalue weighted by molar-refractivity contribution is 7.85. The molecule has 0 saturated heterocycles. The Kier molecular flexibility index (Phi) is 4.87. The van der Waals surface area contributed by atoms with Crippen LogP contribution in [0.25, 0.3) is 0 Å². The van der Waals surface area contributed by atoms with E-state index in [0.717, 1.165) is 11.3 Å². The monoisotopic (exact) mass is 253 g/mol. The molecule has 0 aliphatic heterocycles. The molecule has 0 bridgehead atoms. The summed E-state index contributed by atoms with van der Waals surface area (Å²) in [6.45, 7) is 8.27. The van der Waals surface area contributed by atoms with E-state index in [1.54, 1.807) is 6.21 Å². The van der Waals surface area contributed by atoms with Crippen molar-refractivity contribution in [1.29, 1.82) is 0 Å². The lowest BCUT2D eigenvalue weighted by Gasteiger charge is -2.12. The predicted octanol–water partition coefficient (Wildman–Crippen LogP) is 2.97. The third kappa shape index (κ3) is 4.69. The molecule has 0 N–H and O–H groups in total. The maximum atomic E-state index is 11.7. The molecule has 1 aromatic carbocycles. The second-order valence-corrected chi connectivity index (χ2v) is 6.54. The average molecular weight is 253 g/mol. The predicted molar refractivity (Wildman–Crippen MR) is 73.1 cm³/mol. The summed E-state index contributed by atoms with van der Waals surface area (Å²) in [7, 11) is -1.22. The van der Waals surface area contributed by atoms with Crippen molar-refractivity contribution in [3.05, 3.63) is 29.8 Å². The number of hydrogen-bond acceptors (Lipinski definition) is 2. The first-order chi connectivity index (χ1) is 7.93. The maximum Gasteiger partial charge on any atom is 0.144 e. The summed E-state index contributed by atoms with van der Waals surface area (Å²) >= 11 is 0. The van der Waals surface area contributed by atoms with Crippen molar-refractivity contribution in [2.45, 2.75) is 32.4 Å². The molecule has 3 nitrogen and oxygen atoms in total. The summed E-state index contributed by atoms with van der Waals surface area (Å²) in [6, 6.07) is 7.58. The van der Waals surface area contributed by atoms with Crippen molar-refractivity contribution in [2.24, 2.45) is 4.40 Å². The van der Waals surface area contributed by atoms with E-state index in [1.807, 2.05) is 52.0 Å². The highest BCUT2D eigenvalue weighted by atomic mass is 32.2. The van der Waals surface area contributed by atoms with Gasteiger partial charge in [0.1, 0.15) is 16.7 Å². The molecule has 0 heterocycles. The van der Waals surface area contributed by atoms with Crippen LogP contribution in [0.2, 0.25) is 0 Å². The van der Waals surface area contributed by atoms with Crippen LogP contribution in [0.15, 0.2) is 28.7 Å². The Labute approximate surface area is 106 Å². The SMILES string of the molecule is CCOc1cccc(C=N[S@](=O)C(C)(C)C)c1. The van der Waals surface area contributed by atoms with Crippen LogP contribution in [0, 0.1) is 0 Å². The van der Waals surface area contributed by atoms with Gasteiger partial charge in [-0.15, -0.1) is 0 Å². The van der Waals surface area contributed by atoms with Crippen molar-refractivity contribution in [3.8, 4) is 5.75 Å². The zero-order chi connectivity index (χ0) is 12.9. The molecule has 1 aromatic rings. The minimum Gasteiger partial charge on any atom is -0.494 e. The number of rotatable bonds is 4. The Morgan fingerprint density at radius 2 is 2.12 bits per heavy atom. The largest absolute Gasteiger partial charge is 0.494 e. The van der Waals surface area contributed by atoms with E-state index in [2.05, 4.69) is 4.40 Å². The molecule has 0 aliphatic carbocycles. The lowest BCUT2D eigenvalue weighted by molar-refractivity contribution is 0.340. The second kappa shape index (κ2) is 5.96. The van der Waals surface area contributed by atoms with Gasteiger partial charge in [-0.25, -0.2) is 4.21 Å². The van der Waals surface area contributed by atoms with Gasteiger partial charge < -0.3 is 4.74 Å². The number of nitrogens with zero attached hydrogens (tertiary/aromatic N) is 1. The topological polar surface area (TPSA) is 38.7 Å². The average Bonchev–Trinajstić information content (AvgIpc) is 2.25. The van der Waals surface area contributed by atoms with E-state index in [9.17, 15) is 4.21 Å². The van der Waals surface area contributed by atoms with Crippen LogP contribution < -0.4 is 4.74 Å². The summed E-state index contributed by atoms with van der Waals surface area (Å²) < 4.78 is 20.8. The Morgan fingerprint density at radius 3 is 2.71 bits per heavy atom. The van der Waals surface area contributed by atoms with E-state index in [1.165, 1.54) is 0 Å². The van der Waals surface area contributed by atoms with Gasteiger partial charge in [0.2, 0.25) is 0 Å². The van der Waals surface area contributed by atoms with E-state index < -0.39 is 11.0 Å². The van der Waals surface area contributed by atoms with Crippen LogP contribution in [0.1, 0.15) is 33.3 Å². The van der Waals surface area contributed by atoms with Crippen LogP contribution in [-0.2, 0) is 11.0 Å². The molecule has 0 aromatic heterocycles. The van der Waals surface area contributed by atoms with Gasteiger partial charge in [-0.1, -0.05) is 12.1 Å². The lowest BCUT2D eigenvalue weighted by atomic mass is 10.2. The van der Waals surface area contributed by atoms with Gasteiger partial charge in [-0.05, 0) is 45.4 Å². The molecule has 1 rings (SSSR count). The summed E-state index contributed by atoms with van der Waals surface area (Å²) in [6.07, 6.45) is 1.63. The Balaban J connectivity index is 2.78. The highest BCUT2D eigenvalue weighted by Gasteiger charge is 2.17. The summed E-state index contributed by atoms with van der Waals surface area (Å²) in [5, 5.41) is 0. The molecule has 4 heteroatoms. The number of hydrogen-bond donors (Lipinski definition) is 0. The molecular weight excluding hydrogens is 234 g/mol. The maximum absolute atomic E-state index is 11.7. The van der Waals surface area contributed by atoms with E-state index in [-0.39, 0.29) is 4.75 Å². The smallest absolute Gasteiger partial charge is 0.144 e. The number of benzene rings is 1. The van der Waals surface area contributed by atoms with Crippen molar-refractivity contribution < 1.29 is 8.95 Å². The van der Waals surface area contributed by atoms with Crippen LogP contribution >= 0.6 is 0 Å². The van der Waals surface area contributed by atoms with Crippen LogP contribution in [0.5, 0.6) is 5.75 Å². The molecule has 17 heavy (non-hydrogen) atoms. The molecule has 0 fully saturated rings. The molecule has 0 radical (unpaired) electrons. The third-order valence-electron chi connectivity index (χ3n) is 1.99. The lowest BCUT2D eigenvalue weighted by Crippen LogP contribution is -2.19. The first kappa shape index (κ1) is 13.9. The Bertz CT molecular complexity index is 422. The van der Waals surface area contributed by atoms with Gasteiger partial charge in [0.15, 0.2) is 0 Å². The minimum absolute atomic E-state index is 0.325. The molecule has 1 atom stereocenters. The van der Waals surface area contributed by atoms with Gasteiger partial charge >= 0.3 is 0 Å². The van der Waals surface area contributed by atoms with E-state index in [0.29, 0.717) is 6.61 Å². The third-order valence-corrected chi connectivity index (χ3v) is 3.34. The molecule has 0 aliphatic rings. The first-order valence-electron chi connectivity index (χ1n) is 5.62. The normalized spacial score (nSPS) is 13.9. The van der Waals surface area contributed by atoms with E-state index >= 15 is 0 Å². The zero-order valence-corrected chi connectivity index (χ0v) is 11.6. The fraction of sp³-hybridized carbons (Fsp3) is 0.462. The molecule has 0 spiro atoms. The van der Waals surface area contributed by atoms with Crippen LogP contribution in [-0.4, -0.2) is 21.8 Å². The van der Waals surface area contributed by atoms with Crippen molar-refractivity contribution in [2.75, 3.05) is 6.61 Å². The fourth-order valence-electron chi connectivity index (χ4n) is 1.12. The van der Waals surface area contributed by atoms with Crippen LogP contribution in [0.4, 0.5) is 0 Å². The van der Waals surface area contributed by atoms with Gasteiger partial charge in [0, 0.05) is 6.21 Å². The van der Waals surface area contributed by atoms with Gasteiger partial charge in [-0.2, -0.15) is 4.40 Å². The molecule has 0 unspecified atom stereocenters. The van der Waals surface area contributed by atoms with Gasteiger partial charge in [-0.3, -0.25) is 0 Å². The van der Waals surface area contributed by atoms with Crippen LogP contribution in [0.3, 0.4) is 0 Å². The molecular formula is C13H19NO2S. The summed E-state index contributed by atoms with van der Waals surface area (Å²) in [5.74, 6) is 0.804. The number of ether oxygens (including phenoxy) is 1. The van der Waals surface area contributed by atoms with Gasteiger partial charge in [0.25, 0.3) is 0 Å². The second-order valence-electron chi connectivity index (χ2n) is 4.60. The van der Waals surface area contributed by atoms with Gasteiger partial charge in [0.05, 0.1) is 11.4 Å². The van der Waals surface area contributed by atoms with E-state index in [4.69, 9.17) is 4.74 Å². The molecule has 0 amide bonds. The first-order valence-corrected chi connectivity index (χ1v) is 6.73. The van der Waals surface area contributed by atoms with Crippen molar-refractivity contribution in [1.82, 2.24) is 0 Å². The Hall–Kier alpha value is -1.16. The minimum atomic E-state index is -1.22. The summed E-state index contributed by atoms with van der Waals surface area (Å²) in [4.78, 5) is 0. The quantitative estimate of drug-likeness (QED) is 0.774. The molecule has 0 saturated carbocycles.